The van der Waals surface area contributed by atoms with Crippen molar-refractivity contribution in [1.82, 2.24) is 14.4 Å². The number of rotatable bonds is 6. The summed E-state index contributed by atoms with van der Waals surface area (Å²) in [5, 5.41) is 4.46. The van der Waals surface area contributed by atoms with Gasteiger partial charge in [0, 0.05) is 17.6 Å². The summed E-state index contributed by atoms with van der Waals surface area (Å²) < 4.78 is 31.3. The minimum absolute atomic E-state index is 0.00968. The molecule has 0 spiro atoms. The number of hydrogen-bond acceptors (Lipinski definition) is 5. The number of hydrogen-bond donors (Lipinski definition) is 0. The normalized spacial score (nSPS) is 11.8. The molecule has 1 aromatic heterocycles. The number of nitrogens with zero attached hydrogens (tertiary/aromatic N) is 3. The van der Waals surface area contributed by atoms with E-state index in [2.05, 4.69) is 10.1 Å². The first-order valence-corrected chi connectivity index (χ1v) is 9.49. The van der Waals surface area contributed by atoms with E-state index in [-0.39, 0.29) is 18.2 Å². The maximum atomic E-state index is 12.5. The van der Waals surface area contributed by atoms with Crippen molar-refractivity contribution in [2.75, 3.05) is 7.05 Å². The molecule has 0 atom stereocenters. The van der Waals surface area contributed by atoms with Gasteiger partial charge in [-0.3, -0.25) is 0 Å². The summed E-state index contributed by atoms with van der Waals surface area (Å²) in [7, 11) is -2.03. The van der Waals surface area contributed by atoms with Gasteiger partial charge in [0.25, 0.3) is 0 Å². The monoisotopic (exact) mass is 377 g/mol. The van der Waals surface area contributed by atoms with Crippen LogP contribution in [0.5, 0.6) is 0 Å². The molecule has 130 valence electrons. The molecule has 3 aromatic rings. The fourth-order valence-electron chi connectivity index (χ4n) is 2.21. The maximum absolute atomic E-state index is 12.5. The molecule has 3 rings (SSSR count). The molecule has 0 aliphatic carbocycles. The highest BCUT2D eigenvalue weighted by Gasteiger charge is 2.21. The van der Waals surface area contributed by atoms with Crippen LogP contribution in [0.1, 0.15) is 11.5 Å². The van der Waals surface area contributed by atoms with Crippen molar-refractivity contribution in [3.8, 4) is 11.4 Å². The van der Waals surface area contributed by atoms with Crippen LogP contribution in [0.3, 0.4) is 0 Å². The average Bonchev–Trinajstić information content (AvgIpc) is 3.06. The van der Waals surface area contributed by atoms with Crippen LogP contribution in [0, 0.1) is 0 Å². The Labute approximate surface area is 151 Å². The standard InChI is InChI=1S/C17H16ClN3O3S/c1-21(25(22,23)12-13-7-9-15(18)10-8-13)11-16-19-17(20-24-16)14-5-3-2-4-6-14/h2-10H,11-12H2,1H3. The SMILES string of the molecule is CN(Cc1nc(-c2ccccc2)no1)S(=O)(=O)Cc1ccc(Cl)cc1. The minimum atomic E-state index is -3.52. The van der Waals surface area contributed by atoms with Gasteiger partial charge in [0.1, 0.15) is 0 Å². The third-order valence-corrected chi connectivity index (χ3v) is 5.62. The smallest absolute Gasteiger partial charge is 0.242 e. The summed E-state index contributed by atoms with van der Waals surface area (Å²) in [5.41, 5.74) is 1.47. The molecule has 0 aliphatic rings. The molecule has 0 N–H and O–H groups in total. The molecule has 0 saturated carbocycles. The Kier molecular flexibility index (Phi) is 5.17. The molecule has 0 radical (unpaired) electrons. The third-order valence-electron chi connectivity index (χ3n) is 3.60. The Bertz CT molecular complexity index is 941. The molecule has 0 saturated heterocycles. The Morgan fingerprint density at radius 1 is 1.08 bits per heavy atom. The molecule has 8 heteroatoms. The van der Waals surface area contributed by atoms with Crippen LogP contribution in [-0.2, 0) is 22.3 Å². The van der Waals surface area contributed by atoms with E-state index in [4.69, 9.17) is 16.1 Å². The highest BCUT2D eigenvalue weighted by atomic mass is 35.5. The topological polar surface area (TPSA) is 76.3 Å². The molecular weight excluding hydrogens is 362 g/mol. The number of benzene rings is 2. The highest BCUT2D eigenvalue weighted by Crippen LogP contribution is 2.18. The van der Waals surface area contributed by atoms with Crippen LogP contribution >= 0.6 is 11.6 Å². The van der Waals surface area contributed by atoms with Crippen LogP contribution in [-0.4, -0.2) is 29.9 Å². The van der Waals surface area contributed by atoms with Gasteiger partial charge in [-0.15, -0.1) is 0 Å². The quantitative estimate of drug-likeness (QED) is 0.658. The lowest BCUT2D eigenvalue weighted by Crippen LogP contribution is -2.27. The largest absolute Gasteiger partial charge is 0.338 e. The van der Waals surface area contributed by atoms with Gasteiger partial charge >= 0.3 is 0 Å². The summed E-state index contributed by atoms with van der Waals surface area (Å²) >= 11 is 5.82. The molecule has 0 aliphatic heterocycles. The Morgan fingerprint density at radius 2 is 1.76 bits per heavy atom. The van der Waals surface area contributed by atoms with E-state index < -0.39 is 10.0 Å². The van der Waals surface area contributed by atoms with Crippen molar-refractivity contribution in [1.29, 1.82) is 0 Å². The Hall–Kier alpha value is -2.22. The van der Waals surface area contributed by atoms with Gasteiger partial charge in [-0.1, -0.05) is 59.2 Å². The van der Waals surface area contributed by atoms with Crippen molar-refractivity contribution in [2.24, 2.45) is 0 Å². The van der Waals surface area contributed by atoms with E-state index in [0.29, 0.717) is 16.4 Å². The second-order valence-corrected chi connectivity index (χ2v) is 8.03. The average molecular weight is 378 g/mol. The predicted molar refractivity (Wildman–Crippen MR) is 95.3 cm³/mol. The summed E-state index contributed by atoms with van der Waals surface area (Å²) in [6, 6.07) is 16.0. The van der Waals surface area contributed by atoms with Crippen molar-refractivity contribution >= 4 is 21.6 Å². The lowest BCUT2D eigenvalue weighted by atomic mass is 10.2. The van der Waals surface area contributed by atoms with Crippen molar-refractivity contribution in [2.45, 2.75) is 12.3 Å². The van der Waals surface area contributed by atoms with Gasteiger partial charge in [0.2, 0.25) is 21.7 Å². The van der Waals surface area contributed by atoms with E-state index in [0.717, 1.165) is 5.56 Å². The van der Waals surface area contributed by atoms with Crippen molar-refractivity contribution in [3.63, 3.8) is 0 Å². The fourth-order valence-corrected chi connectivity index (χ4v) is 3.48. The van der Waals surface area contributed by atoms with Gasteiger partial charge in [-0.2, -0.15) is 9.29 Å². The van der Waals surface area contributed by atoms with E-state index in [9.17, 15) is 8.42 Å². The molecule has 0 bridgehead atoms. The molecule has 0 unspecified atom stereocenters. The summed E-state index contributed by atoms with van der Waals surface area (Å²) in [6.07, 6.45) is 0. The number of sulfonamides is 1. The van der Waals surface area contributed by atoms with Crippen molar-refractivity contribution in [3.05, 3.63) is 71.1 Å². The van der Waals surface area contributed by atoms with Crippen LogP contribution in [0.2, 0.25) is 5.02 Å². The van der Waals surface area contributed by atoms with Crippen LogP contribution in [0.4, 0.5) is 0 Å². The van der Waals surface area contributed by atoms with Crippen molar-refractivity contribution < 1.29 is 12.9 Å². The molecular formula is C17H16ClN3O3S. The second kappa shape index (κ2) is 7.35. The molecule has 6 nitrogen and oxygen atoms in total. The summed E-state index contributed by atoms with van der Waals surface area (Å²) in [5.74, 6) is 0.542. The predicted octanol–water partition coefficient (Wildman–Crippen LogP) is 3.35. The fraction of sp³-hybridized carbons (Fsp3) is 0.176. The van der Waals surface area contributed by atoms with Gasteiger partial charge < -0.3 is 4.52 Å². The molecule has 0 amide bonds. The molecule has 25 heavy (non-hydrogen) atoms. The van der Waals surface area contributed by atoms with Gasteiger partial charge in [0.05, 0.1) is 12.3 Å². The first-order chi connectivity index (χ1) is 11.9. The molecule has 0 fully saturated rings. The van der Waals surface area contributed by atoms with Gasteiger partial charge in [-0.25, -0.2) is 8.42 Å². The second-order valence-electron chi connectivity index (χ2n) is 5.52. The van der Waals surface area contributed by atoms with E-state index in [1.807, 2.05) is 30.3 Å². The van der Waals surface area contributed by atoms with Gasteiger partial charge in [0.15, 0.2) is 0 Å². The van der Waals surface area contributed by atoms with Crippen LogP contribution in [0.15, 0.2) is 59.1 Å². The Balaban J connectivity index is 1.70. The minimum Gasteiger partial charge on any atom is -0.338 e. The maximum Gasteiger partial charge on any atom is 0.242 e. The lowest BCUT2D eigenvalue weighted by Gasteiger charge is -2.15. The zero-order chi connectivity index (χ0) is 17.9. The zero-order valence-corrected chi connectivity index (χ0v) is 15.0. The van der Waals surface area contributed by atoms with Gasteiger partial charge in [-0.05, 0) is 17.7 Å². The van der Waals surface area contributed by atoms with E-state index >= 15 is 0 Å². The Morgan fingerprint density at radius 3 is 2.44 bits per heavy atom. The zero-order valence-electron chi connectivity index (χ0n) is 13.5. The summed E-state index contributed by atoms with van der Waals surface area (Å²) in [6.45, 7) is 0.00968. The number of halogens is 1. The van der Waals surface area contributed by atoms with E-state index in [1.54, 1.807) is 24.3 Å². The molecule has 2 aromatic carbocycles. The summed E-state index contributed by atoms with van der Waals surface area (Å²) in [4.78, 5) is 4.25. The number of aromatic nitrogens is 2. The molecule has 1 heterocycles. The van der Waals surface area contributed by atoms with Crippen LogP contribution in [0.25, 0.3) is 11.4 Å². The van der Waals surface area contributed by atoms with Crippen LogP contribution < -0.4 is 0 Å². The lowest BCUT2D eigenvalue weighted by molar-refractivity contribution is 0.336. The van der Waals surface area contributed by atoms with E-state index in [1.165, 1.54) is 11.4 Å². The first kappa shape index (κ1) is 17.6. The third kappa shape index (κ3) is 4.45. The first-order valence-electron chi connectivity index (χ1n) is 7.50. The highest BCUT2D eigenvalue weighted by molar-refractivity contribution is 7.88.